The van der Waals surface area contributed by atoms with Gasteiger partial charge in [0.15, 0.2) is 11.0 Å². The maximum absolute atomic E-state index is 12.4. The lowest BCUT2D eigenvalue weighted by Crippen LogP contribution is -2.12. The number of carbonyl (C=O) groups is 1. The molecule has 0 aliphatic carbocycles. The predicted octanol–water partition coefficient (Wildman–Crippen LogP) is 2.80. The molecule has 0 fully saturated rings. The van der Waals surface area contributed by atoms with Crippen molar-refractivity contribution in [1.82, 2.24) is 24.7 Å². The zero-order valence-corrected chi connectivity index (χ0v) is 16.6. The number of aromatic amines is 1. The standard InChI is InChI=1S/C20H17N5O3S/c1-25-17(12-6-4-3-5-7-12)23-24-20(25)29-11-16-21-15-10-13(19(27)28-2)8-9-14(15)18(26)22-16/h3-10H,11H2,1-2H3,(H,21,22,26). The third-order valence-electron chi connectivity index (χ3n) is 4.38. The topological polar surface area (TPSA) is 103 Å². The van der Waals surface area contributed by atoms with Crippen molar-refractivity contribution in [2.24, 2.45) is 7.05 Å². The lowest BCUT2D eigenvalue weighted by atomic mass is 10.1. The number of H-pyrrole nitrogens is 1. The maximum Gasteiger partial charge on any atom is 0.337 e. The van der Waals surface area contributed by atoms with Crippen LogP contribution in [-0.2, 0) is 17.5 Å². The van der Waals surface area contributed by atoms with Gasteiger partial charge in [-0.3, -0.25) is 4.79 Å². The van der Waals surface area contributed by atoms with Crippen LogP contribution in [0.5, 0.6) is 0 Å². The van der Waals surface area contributed by atoms with Gasteiger partial charge in [-0.2, -0.15) is 0 Å². The van der Waals surface area contributed by atoms with E-state index >= 15 is 0 Å². The fourth-order valence-electron chi connectivity index (χ4n) is 2.91. The number of esters is 1. The summed E-state index contributed by atoms with van der Waals surface area (Å²) < 4.78 is 6.63. The number of fused-ring (bicyclic) bond motifs is 1. The van der Waals surface area contributed by atoms with Gasteiger partial charge in [-0.25, -0.2) is 9.78 Å². The van der Waals surface area contributed by atoms with E-state index in [1.807, 2.05) is 41.9 Å². The minimum atomic E-state index is -0.475. The lowest BCUT2D eigenvalue weighted by Gasteiger charge is -2.05. The third-order valence-corrected chi connectivity index (χ3v) is 5.41. The Morgan fingerprint density at radius 3 is 2.72 bits per heavy atom. The number of carbonyl (C=O) groups excluding carboxylic acids is 1. The molecule has 1 N–H and O–H groups in total. The number of methoxy groups -OCH3 is 1. The van der Waals surface area contributed by atoms with Crippen LogP contribution in [-0.4, -0.2) is 37.8 Å². The summed E-state index contributed by atoms with van der Waals surface area (Å²) in [6.45, 7) is 0. The quantitative estimate of drug-likeness (QED) is 0.401. The summed E-state index contributed by atoms with van der Waals surface area (Å²) in [5.74, 6) is 1.17. The van der Waals surface area contributed by atoms with Crippen LogP contribution >= 0.6 is 11.8 Å². The van der Waals surface area contributed by atoms with Crippen molar-refractivity contribution >= 4 is 28.6 Å². The van der Waals surface area contributed by atoms with E-state index in [1.54, 1.807) is 18.2 Å². The first kappa shape index (κ1) is 18.9. The molecule has 9 heteroatoms. The van der Waals surface area contributed by atoms with Crippen LogP contribution in [0.3, 0.4) is 0 Å². The number of ether oxygens (including phenoxy) is 1. The van der Waals surface area contributed by atoms with Gasteiger partial charge < -0.3 is 14.3 Å². The first-order valence-electron chi connectivity index (χ1n) is 8.75. The Morgan fingerprint density at radius 2 is 1.97 bits per heavy atom. The van der Waals surface area contributed by atoms with E-state index in [0.29, 0.717) is 33.2 Å². The van der Waals surface area contributed by atoms with E-state index < -0.39 is 5.97 Å². The fraction of sp³-hybridized carbons (Fsp3) is 0.150. The van der Waals surface area contributed by atoms with Gasteiger partial charge in [0.25, 0.3) is 5.56 Å². The third kappa shape index (κ3) is 3.77. The number of hydrogen-bond acceptors (Lipinski definition) is 7. The average molecular weight is 407 g/mol. The van der Waals surface area contributed by atoms with Crippen molar-refractivity contribution in [2.75, 3.05) is 7.11 Å². The zero-order chi connectivity index (χ0) is 20.4. The fourth-order valence-corrected chi connectivity index (χ4v) is 3.69. The molecule has 8 nitrogen and oxygen atoms in total. The number of hydrogen-bond donors (Lipinski definition) is 1. The first-order valence-corrected chi connectivity index (χ1v) is 9.74. The monoisotopic (exact) mass is 407 g/mol. The van der Waals surface area contributed by atoms with Crippen LogP contribution in [0.25, 0.3) is 22.3 Å². The van der Waals surface area contributed by atoms with Gasteiger partial charge in [0, 0.05) is 12.6 Å². The van der Waals surface area contributed by atoms with Gasteiger partial charge in [0.2, 0.25) is 0 Å². The summed E-state index contributed by atoms with van der Waals surface area (Å²) in [4.78, 5) is 31.4. The second-order valence-corrected chi connectivity index (χ2v) is 7.20. The van der Waals surface area contributed by atoms with Crippen molar-refractivity contribution in [3.05, 3.63) is 70.3 Å². The number of aromatic nitrogens is 5. The van der Waals surface area contributed by atoms with Crippen molar-refractivity contribution in [1.29, 1.82) is 0 Å². The highest BCUT2D eigenvalue weighted by atomic mass is 32.2. The van der Waals surface area contributed by atoms with Gasteiger partial charge in [-0.15, -0.1) is 10.2 Å². The Hall–Kier alpha value is -3.46. The van der Waals surface area contributed by atoms with Crippen LogP contribution in [0.15, 0.2) is 58.5 Å². The lowest BCUT2D eigenvalue weighted by molar-refractivity contribution is 0.0601. The molecule has 0 saturated carbocycles. The number of rotatable bonds is 5. The summed E-state index contributed by atoms with van der Waals surface area (Å²) >= 11 is 1.41. The van der Waals surface area contributed by atoms with Crippen LogP contribution < -0.4 is 5.56 Å². The summed E-state index contributed by atoms with van der Waals surface area (Å²) in [5.41, 5.74) is 1.50. The van der Waals surface area contributed by atoms with Crippen molar-refractivity contribution in [3.63, 3.8) is 0 Å². The average Bonchev–Trinajstić information content (AvgIpc) is 3.12. The van der Waals surface area contributed by atoms with Crippen molar-refractivity contribution < 1.29 is 9.53 Å². The van der Waals surface area contributed by atoms with Gasteiger partial charge in [-0.05, 0) is 18.2 Å². The normalized spacial score (nSPS) is 11.0. The Morgan fingerprint density at radius 1 is 1.17 bits per heavy atom. The van der Waals surface area contributed by atoms with E-state index in [-0.39, 0.29) is 5.56 Å². The Labute approximate surface area is 170 Å². The molecule has 4 rings (SSSR count). The molecule has 4 aromatic rings. The van der Waals surface area contributed by atoms with Gasteiger partial charge in [0.05, 0.1) is 29.3 Å². The molecule has 0 radical (unpaired) electrons. The van der Waals surface area contributed by atoms with Crippen LogP contribution in [0, 0.1) is 0 Å². The highest BCUT2D eigenvalue weighted by Gasteiger charge is 2.13. The number of benzene rings is 2. The zero-order valence-electron chi connectivity index (χ0n) is 15.7. The van der Waals surface area contributed by atoms with Crippen LogP contribution in [0.2, 0.25) is 0 Å². The van der Waals surface area contributed by atoms with E-state index in [4.69, 9.17) is 4.74 Å². The molecule has 0 saturated heterocycles. The van der Waals surface area contributed by atoms with E-state index in [1.165, 1.54) is 18.9 Å². The summed E-state index contributed by atoms with van der Waals surface area (Å²) in [7, 11) is 3.20. The summed E-state index contributed by atoms with van der Waals surface area (Å²) in [6.07, 6.45) is 0. The van der Waals surface area contributed by atoms with E-state index in [9.17, 15) is 9.59 Å². The number of thioether (sulfide) groups is 1. The molecule has 0 atom stereocenters. The molecule has 29 heavy (non-hydrogen) atoms. The Balaban J connectivity index is 1.59. The Bertz CT molecular complexity index is 1250. The number of nitrogens with zero attached hydrogens (tertiary/aromatic N) is 4. The molecule has 0 bridgehead atoms. The summed E-state index contributed by atoms with van der Waals surface area (Å²) in [6, 6.07) is 14.5. The molecule has 2 aromatic heterocycles. The molecular weight excluding hydrogens is 390 g/mol. The second kappa shape index (κ2) is 7.88. The van der Waals surface area contributed by atoms with Crippen LogP contribution in [0.1, 0.15) is 16.2 Å². The van der Waals surface area contributed by atoms with Crippen molar-refractivity contribution in [2.45, 2.75) is 10.9 Å². The molecule has 146 valence electrons. The maximum atomic E-state index is 12.4. The highest BCUT2D eigenvalue weighted by molar-refractivity contribution is 7.98. The minimum Gasteiger partial charge on any atom is -0.465 e. The number of nitrogens with one attached hydrogen (secondary N) is 1. The second-order valence-electron chi connectivity index (χ2n) is 6.26. The van der Waals surface area contributed by atoms with Crippen molar-refractivity contribution in [3.8, 4) is 11.4 Å². The SMILES string of the molecule is COC(=O)c1ccc2c(=O)[nH]c(CSc3nnc(-c4ccccc4)n3C)nc2c1. The molecule has 0 spiro atoms. The van der Waals surface area contributed by atoms with Crippen LogP contribution in [0.4, 0.5) is 0 Å². The molecule has 2 heterocycles. The van der Waals surface area contributed by atoms with Gasteiger partial charge in [-0.1, -0.05) is 42.1 Å². The minimum absolute atomic E-state index is 0.259. The molecule has 0 amide bonds. The predicted molar refractivity (Wildman–Crippen MR) is 110 cm³/mol. The molecule has 0 aliphatic heterocycles. The molecule has 2 aromatic carbocycles. The van der Waals surface area contributed by atoms with Gasteiger partial charge >= 0.3 is 5.97 Å². The van der Waals surface area contributed by atoms with E-state index in [2.05, 4.69) is 20.2 Å². The highest BCUT2D eigenvalue weighted by Crippen LogP contribution is 2.24. The molecule has 0 unspecified atom stereocenters. The Kier molecular flexibility index (Phi) is 5.13. The van der Waals surface area contributed by atoms with Gasteiger partial charge in [0.1, 0.15) is 5.82 Å². The van der Waals surface area contributed by atoms with E-state index in [0.717, 1.165) is 11.4 Å². The molecular formula is C20H17N5O3S. The largest absolute Gasteiger partial charge is 0.465 e. The molecule has 0 aliphatic rings. The first-order chi connectivity index (χ1) is 14.1. The smallest absolute Gasteiger partial charge is 0.337 e. The summed E-state index contributed by atoms with van der Waals surface area (Å²) in [5, 5.41) is 9.61.